The fourth-order valence-electron chi connectivity index (χ4n) is 2.38. The van der Waals surface area contributed by atoms with E-state index in [9.17, 15) is 4.79 Å². The standard InChI is InChI=1S/C16H19NO2/c1-9(2)14-7-12(8-15(18)19)13-6-10(3)5-11(4)16(13)17-14/h5-7,9H,8H2,1-4H3,(H,18,19). The van der Waals surface area contributed by atoms with E-state index in [0.717, 1.165) is 33.3 Å². The Morgan fingerprint density at radius 3 is 2.53 bits per heavy atom. The van der Waals surface area contributed by atoms with Crippen LogP contribution < -0.4 is 0 Å². The van der Waals surface area contributed by atoms with Gasteiger partial charge in [-0.15, -0.1) is 0 Å². The molecule has 2 rings (SSSR count). The fourth-order valence-corrected chi connectivity index (χ4v) is 2.38. The van der Waals surface area contributed by atoms with Gasteiger partial charge in [0, 0.05) is 11.1 Å². The van der Waals surface area contributed by atoms with Crippen molar-refractivity contribution in [3.63, 3.8) is 0 Å². The Hall–Kier alpha value is -1.90. The van der Waals surface area contributed by atoms with Crippen molar-refractivity contribution in [1.82, 2.24) is 4.98 Å². The van der Waals surface area contributed by atoms with Crippen molar-refractivity contribution in [1.29, 1.82) is 0 Å². The molecule has 0 aliphatic carbocycles. The molecule has 100 valence electrons. The molecule has 2 aromatic rings. The Morgan fingerprint density at radius 2 is 1.95 bits per heavy atom. The molecule has 1 heterocycles. The van der Waals surface area contributed by atoms with Crippen LogP contribution in [-0.4, -0.2) is 16.1 Å². The van der Waals surface area contributed by atoms with Crippen LogP contribution in [0.15, 0.2) is 18.2 Å². The lowest BCUT2D eigenvalue weighted by molar-refractivity contribution is -0.136. The average molecular weight is 257 g/mol. The number of pyridine rings is 1. The van der Waals surface area contributed by atoms with Gasteiger partial charge in [0.25, 0.3) is 0 Å². The van der Waals surface area contributed by atoms with Crippen LogP contribution >= 0.6 is 0 Å². The summed E-state index contributed by atoms with van der Waals surface area (Å²) in [6.07, 6.45) is 0.0433. The van der Waals surface area contributed by atoms with E-state index in [1.807, 2.05) is 26.0 Å². The summed E-state index contributed by atoms with van der Waals surface area (Å²) in [4.78, 5) is 15.7. The highest BCUT2D eigenvalue weighted by Crippen LogP contribution is 2.26. The number of carboxylic acids is 1. The third kappa shape index (κ3) is 2.75. The van der Waals surface area contributed by atoms with Gasteiger partial charge in [-0.25, -0.2) is 0 Å². The maximum absolute atomic E-state index is 11.0. The molecule has 3 nitrogen and oxygen atoms in total. The van der Waals surface area contributed by atoms with Gasteiger partial charge >= 0.3 is 5.97 Å². The summed E-state index contributed by atoms with van der Waals surface area (Å²) >= 11 is 0. The van der Waals surface area contributed by atoms with Crippen LogP contribution in [0.3, 0.4) is 0 Å². The highest BCUT2D eigenvalue weighted by atomic mass is 16.4. The summed E-state index contributed by atoms with van der Waals surface area (Å²) in [6, 6.07) is 6.04. The molecular weight excluding hydrogens is 238 g/mol. The number of carboxylic acid groups (broad SMARTS) is 1. The minimum Gasteiger partial charge on any atom is -0.481 e. The Morgan fingerprint density at radius 1 is 1.26 bits per heavy atom. The molecule has 0 saturated heterocycles. The van der Waals surface area contributed by atoms with Crippen molar-refractivity contribution in [3.8, 4) is 0 Å². The van der Waals surface area contributed by atoms with Gasteiger partial charge in [-0.2, -0.15) is 0 Å². The Balaban J connectivity index is 2.77. The zero-order valence-electron chi connectivity index (χ0n) is 11.8. The molecule has 1 N–H and O–H groups in total. The van der Waals surface area contributed by atoms with Crippen LogP contribution in [0.5, 0.6) is 0 Å². The van der Waals surface area contributed by atoms with E-state index in [1.54, 1.807) is 0 Å². The molecule has 1 aromatic carbocycles. The van der Waals surface area contributed by atoms with Crippen LogP contribution in [0.4, 0.5) is 0 Å². The lowest BCUT2D eigenvalue weighted by Crippen LogP contribution is -2.05. The molecule has 0 radical (unpaired) electrons. The van der Waals surface area contributed by atoms with Crippen LogP contribution in [0, 0.1) is 13.8 Å². The monoisotopic (exact) mass is 257 g/mol. The number of aliphatic carboxylic acids is 1. The third-order valence-electron chi connectivity index (χ3n) is 3.29. The molecule has 0 fully saturated rings. The highest BCUT2D eigenvalue weighted by molar-refractivity contribution is 5.89. The molecule has 0 aliphatic rings. The zero-order chi connectivity index (χ0) is 14.2. The zero-order valence-corrected chi connectivity index (χ0v) is 11.8. The van der Waals surface area contributed by atoms with Gasteiger partial charge in [-0.1, -0.05) is 25.5 Å². The minimum absolute atomic E-state index is 0.0433. The van der Waals surface area contributed by atoms with Crippen LogP contribution in [0.25, 0.3) is 10.9 Å². The number of nitrogens with zero attached hydrogens (tertiary/aromatic N) is 1. The molecule has 0 spiro atoms. The summed E-state index contributed by atoms with van der Waals surface area (Å²) in [6.45, 7) is 8.19. The fraction of sp³-hybridized carbons (Fsp3) is 0.375. The second-order valence-electron chi connectivity index (χ2n) is 5.41. The first kappa shape index (κ1) is 13.5. The Bertz CT molecular complexity index is 645. The average Bonchev–Trinajstić information content (AvgIpc) is 2.28. The van der Waals surface area contributed by atoms with Gasteiger partial charge in [0.2, 0.25) is 0 Å². The van der Waals surface area contributed by atoms with Crippen molar-refractivity contribution >= 4 is 16.9 Å². The first-order valence-corrected chi connectivity index (χ1v) is 6.51. The topological polar surface area (TPSA) is 50.2 Å². The van der Waals surface area contributed by atoms with Gasteiger partial charge in [0.1, 0.15) is 0 Å². The number of fused-ring (bicyclic) bond motifs is 1. The molecule has 19 heavy (non-hydrogen) atoms. The van der Waals surface area contributed by atoms with E-state index in [1.165, 1.54) is 0 Å². The van der Waals surface area contributed by atoms with Gasteiger partial charge in [0.15, 0.2) is 0 Å². The maximum Gasteiger partial charge on any atom is 0.307 e. The number of hydrogen-bond acceptors (Lipinski definition) is 2. The highest BCUT2D eigenvalue weighted by Gasteiger charge is 2.13. The Kier molecular flexibility index (Phi) is 3.56. The molecular formula is C16H19NO2. The first-order chi connectivity index (χ1) is 8.88. The van der Waals surface area contributed by atoms with Gasteiger partial charge in [-0.3, -0.25) is 9.78 Å². The third-order valence-corrected chi connectivity index (χ3v) is 3.29. The van der Waals surface area contributed by atoms with Crippen LogP contribution in [0.2, 0.25) is 0 Å². The predicted molar refractivity (Wildman–Crippen MR) is 76.6 cm³/mol. The lowest BCUT2D eigenvalue weighted by Gasteiger charge is -2.13. The largest absolute Gasteiger partial charge is 0.481 e. The molecule has 1 aromatic heterocycles. The Labute approximate surface area is 113 Å². The molecule has 0 saturated carbocycles. The summed E-state index contributed by atoms with van der Waals surface area (Å²) in [7, 11) is 0. The molecule has 0 atom stereocenters. The normalized spacial score (nSPS) is 11.2. The first-order valence-electron chi connectivity index (χ1n) is 6.51. The second kappa shape index (κ2) is 5.00. The number of benzene rings is 1. The second-order valence-corrected chi connectivity index (χ2v) is 5.41. The summed E-state index contributed by atoms with van der Waals surface area (Å²) in [5.41, 5.74) is 4.97. The van der Waals surface area contributed by atoms with Crippen molar-refractivity contribution < 1.29 is 9.90 Å². The van der Waals surface area contributed by atoms with Gasteiger partial charge in [0.05, 0.1) is 11.9 Å². The van der Waals surface area contributed by atoms with Gasteiger partial charge < -0.3 is 5.11 Å². The summed E-state index contributed by atoms with van der Waals surface area (Å²) < 4.78 is 0. The summed E-state index contributed by atoms with van der Waals surface area (Å²) in [5, 5.41) is 10.0. The van der Waals surface area contributed by atoms with Crippen molar-refractivity contribution in [3.05, 3.63) is 40.6 Å². The van der Waals surface area contributed by atoms with E-state index < -0.39 is 5.97 Å². The number of aromatic nitrogens is 1. The number of carbonyl (C=O) groups is 1. The SMILES string of the molecule is Cc1cc(C)c2nc(C(C)C)cc(CC(=O)O)c2c1. The number of hydrogen-bond donors (Lipinski definition) is 1. The van der Waals surface area contributed by atoms with E-state index in [-0.39, 0.29) is 12.3 Å². The number of aryl methyl sites for hydroxylation is 2. The maximum atomic E-state index is 11.0. The quantitative estimate of drug-likeness (QED) is 0.914. The summed E-state index contributed by atoms with van der Waals surface area (Å²) in [5.74, 6) is -0.515. The van der Waals surface area contributed by atoms with E-state index in [4.69, 9.17) is 10.1 Å². The molecule has 0 unspecified atom stereocenters. The van der Waals surface area contributed by atoms with Crippen molar-refractivity contribution in [2.75, 3.05) is 0 Å². The molecule has 3 heteroatoms. The van der Waals surface area contributed by atoms with Crippen LogP contribution in [-0.2, 0) is 11.2 Å². The molecule has 0 amide bonds. The predicted octanol–water partition coefficient (Wildman–Crippen LogP) is 3.60. The lowest BCUT2D eigenvalue weighted by atomic mass is 9.97. The van der Waals surface area contributed by atoms with Crippen LogP contribution in [0.1, 0.15) is 42.1 Å². The van der Waals surface area contributed by atoms with E-state index in [2.05, 4.69) is 19.9 Å². The van der Waals surface area contributed by atoms with Crippen molar-refractivity contribution in [2.24, 2.45) is 0 Å². The minimum atomic E-state index is -0.804. The number of rotatable bonds is 3. The van der Waals surface area contributed by atoms with E-state index in [0.29, 0.717) is 0 Å². The molecule has 0 aliphatic heterocycles. The van der Waals surface area contributed by atoms with Crippen molar-refractivity contribution in [2.45, 2.75) is 40.0 Å². The van der Waals surface area contributed by atoms with Gasteiger partial charge in [-0.05, 0) is 43.0 Å². The molecule has 0 bridgehead atoms. The smallest absolute Gasteiger partial charge is 0.307 e. The van der Waals surface area contributed by atoms with E-state index >= 15 is 0 Å².